The van der Waals surface area contributed by atoms with E-state index >= 15 is 0 Å². The second-order valence-electron chi connectivity index (χ2n) is 3.39. The van der Waals surface area contributed by atoms with Gasteiger partial charge in [-0.25, -0.2) is 0 Å². The van der Waals surface area contributed by atoms with E-state index in [9.17, 15) is 4.79 Å². The molecule has 0 unspecified atom stereocenters. The third-order valence-electron chi connectivity index (χ3n) is 1.84. The van der Waals surface area contributed by atoms with Crippen LogP contribution in [0.5, 0.6) is 0 Å². The van der Waals surface area contributed by atoms with Crippen LogP contribution in [0, 0.1) is 10.9 Å². The Morgan fingerprint density at radius 2 is 2.40 bits per heavy atom. The van der Waals surface area contributed by atoms with Crippen molar-refractivity contribution in [1.29, 1.82) is 0 Å². The molecule has 15 heavy (non-hydrogen) atoms. The van der Waals surface area contributed by atoms with Gasteiger partial charge in [-0.15, -0.1) is 11.3 Å². The van der Waals surface area contributed by atoms with E-state index in [0.29, 0.717) is 10.4 Å². The zero-order valence-electron chi connectivity index (χ0n) is 8.66. The summed E-state index contributed by atoms with van der Waals surface area (Å²) in [6.07, 6.45) is -0.199. The van der Waals surface area contributed by atoms with Gasteiger partial charge in [-0.1, -0.05) is 0 Å². The van der Waals surface area contributed by atoms with Gasteiger partial charge in [-0.3, -0.25) is 4.79 Å². The van der Waals surface area contributed by atoms with Crippen molar-refractivity contribution < 1.29 is 9.90 Å². The van der Waals surface area contributed by atoms with Gasteiger partial charge in [0, 0.05) is 17.1 Å². The van der Waals surface area contributed by atoms with Crippen LogP contribution in [0.1, 0.15) is 17.5 Å². The Labute approximate surface area is 97.3 Å². The Kier molecular flexibility index (Phi) is 4.44. The summed E-state index contributed by atoms with van der Waals surface area (Å²) >= 11 is 6.38. The second-order valence-corrected chi connectivity index (χ2v) is 5.16. The number of aliphatic hydroxyl groups is 1. The average molecular weight is 246 g/mol. The molecule has 6 heteroatoms. The Morgan fingerprint density at radius 3 is 2.87 bits per heavy atom. The van der Waals surface area contributed by atoms with E-state index < -0.39 is 6.10 Å². The summed E-state index contributed by atoms with van der Waals surface area (Å²) in [6, 6.07) is 0. The summed E-state index contributed by atoms with van der Waals surface area (Å²) in [5, 5.41) is 11.6. The number of carbonyl (C=O) groups excluding carboxylic acids is 1. The smallest absolute Gasteiger partial charge is 0.225 e. The molecule has 1 aromatic rings. The third kappa shape index (κ3) is 4.11. The lowest BCUT2D eigenvalue weighted by molar-refractivity contribution is -0.120. The van der Waals surface area contributed by atoms with E-state index in [-0.39, 0.29) is 12.5 Å². The number of aromatic amines is 1. The lowest BCUT2D eigenvalue weighted by Gasteiger charge is -2.06. The normalized spacial score (nSPS) is 12.5. The summed E-state index contributed by atoms with van der Waals surface area (Å²) in [4.78, 5) is 15.3. The molecule has 0 saturated heterocycles. The quantitative estimate of drug-likeness (QED) is 0.698. The summed E-state index contributed by atoms with van der Waals surface area (Å²) < 4.78 is 0.686. The van der Waals surface area contributed by atoms with Crippen LogP contribution in [0.2, 0.25) is 0 Å². The molecule has 0 fully saturated rings. The summed E-state index contributed by atoms with van der Waals surface area (Å²) in [6.45, 7) is 3.81. The van der Waals surface area contributed by atoms with E-state index in [4.69, 9.17) is 17.3 Å². The molecule has 1 rings (SSSR count). The molecule has 1 atom stereocenters. The maximum atomic E-state index is 11.4. The monoisotopic (exact) mass is 246 g/mol. The largest absolute Gasteiger partial charge is 0.392 e. The zero-order valence-corrected chi connectivity index (χ0v) is 10.3. The Balaban J connectivity index is 2.51. The first kappa shape index (κ1) is 12.4. The second kappa shape index (κ2) is 5.39. The van der Waals surface area contributed by atoms with E-state index in [1.54, 1.807) is 6.92 Å². The number of aliphatic hydroxyl groups excluding tert-OH is 1. The number of aromatic nitrogens is 1. The van der Waals surface area contributed by atoms with E-state index in [1.165, 1.54) is 11.3 Å². The minimum atomic E-state index is -0.514. The molecule has 0 bridgehead atoms. The molecule has 0 aromatic carbocycles. The molecular formula is C9H14N2O2S2. The zero-order chi connectivity index (χ0) is 11.4. The first-order chi connectivity index (χ1) is 6.99. The van der Waals surface area contributed by atoms with Crippen molar-refractivity contribution in [3.63, 3.8) is 0 Å². The van der Waals surface area contributed by atoms with Crippen LogP contribution in [0.15, 0.2) is 0 Å². The van der Waals surface area contributed by atoms with Crippen molar-refractivity contribution in [3.8, 4) is 0 Å². The maximum Gasteiger partial charge on any atom is 0.225 e. The molecule has 84 valence electrons. The predicted octanol–water partition coefficient (Wildman–Crippen LogP) is 1.15. The fraction of sp³-hybridized carbons (Fsp3) is 0.556. The number of nitrogens with one attached hydrogen (secondary N) is 2. The number of H-pyrrole nitrogens is 1. The van der Waals surface area contributed by atoms with Gasteiger partial charge in [0.15, 0.2) is 3.95 Å². The number of hydrogen-bond donors (Lipinski definition) is 3. The van der Waals surface area contributed by atoms with Crippen LogP contribution < -0.4 is 5.32 Å². The number of thiazole rings is 1. The molecule has 0 aliphatic heterocycles. The van der Waals surface area contributed by atoms with Gasteiger partial charge in [0.05, 0.1) is 12.5 Å². The average Bonchev–Trinajstić information content (AvgIpc) is 2.42. The van der Waals surface area contributed by atoms with Gasteiger partial charge in [-0.05, 0) is 26.1 Å². The maximum absolute atomic E-state index is 11.4. The summed E-state index contributed by atoms with van der Waals surface area (Å²) in [7, 11) is 0. The fourth-order valence-electron chi connectivity index (χ4n) is 1.08. The Hall–Kier alpha value is -0.720. The van der Waals surface area contributed by atoms with E-state index in [1.807, 2.05) is 6.92 Å². The lowest BCUT2D eigenvalue weighted by Crippen LogP contribution is -2.31. The number of rotatable bonds is 4. The van der Waals surface area contributed by atoms with Gasteiger partial charge in [-0.2, -0.15) is 0 Å². The first-order valence-electron chi connectivity index (χ1n) is 4.62. The Morgan fingerprint density at radius 1 is 1.73 bits per heavy atom. The standard InChI is InChI=1S/C9H14N2O2S2/c1-5(12)4-10-8(13)3-7-6(2)11-9(14)15-7/h5,12H,3-4H2,1-2H3,(H,10,13)(H,11,14)/t5-/m0/s1. The van der Waals surface area contributed by atoms with Crippen LogP contribution in [-0.2, 0) is 11.2 Å². The number of amides is 1. The van der Waals surface area contributed by atoms with E-state index in [2.05, 4.69) is 10.3 Å². The van der Waals surface area contributed by atoms with Crippen molar-refractivity contribution in [2.24, 2.45) is 0 Å². The molecule has 1 aromatic heterocycles. The summed E-state index contributed by atoms with van der Waals surface area (Å²) in [5.74, 6) is -0.0933. The summed E-state index contributed by atoms with van der Waals surface area (Å²) in [5.41, 5.74) is 0.942. The van der Waals surface area contributed by atoms with Crippen LogP contribution in [0.4, 0.5) is 0 Å². The van der Waals surface area contributed by atoms with Crippen LogP contribution in [-0.4, -0.2) is 28.6 Å². The van der Waals surface area contributed by atoms with Gasteiger partial charge < -0.3 is 15.4 Å². The minimum absolute atomic E-state index is 0.0933. The molecule has 0 aliphatic carbocycles. The number of hydrogen-bond acceptors (Lipinski definition) is 4. The molecule has 0 saturated carbocycles. The van der Waals surface area contributed by atoms with Gasteiger partial charge in [0.2, 0.25) is 5.91 Å². The highest BCUT2D eigenvalue weighted by Gasteiger charge is 2.08. The highest BCUT2D eigenvalue weighted by Crippen LogP contribution is 2.14. The molecule has 0 spiro atoms. The Bertz CT molecular complexity index is 395. The molecule has 1 heterocycles. The number of carbonyl (C=O) groups is 1. The predicted molar refractivity (Wildman–Crippen MR) is 62.6 cm³/mol. The van der Waals surface area contributed by atoms with Crippen molar-refractivity contribution >= 4 is 29.5 Å². The molecule has 3 N–H and O–H groups in total. The highest BCUT2D eigenvalue weighted by atomic mass is 32.1. The molecule has 0 aliphatic rings. The minimum Gasteiger partial charge on any atom is -0.392 e. The van der Waals surface area contributed by atoms with Gasteiger partial charge >= 0.3 is 0 Å². The molecule has 0 radical (unpaired) electrons. The topological polar surface area (TPSA) is 65.1 Å². The van der Waals surface area contributed by atoms with Crippen molar-refractivity contribution in [2.45, 2.75) is 26.4 Å². The SMILES string of the molecule is Cc1[nH]c(=S)sc1CC(=O)NC[C@H](C)O. The number of aryl methyl sites for hydroxylation is 1. The van der Waals surface area contributed by atoms with Crippen LogP contribution in [0.3, 0.4) is 0 Å². The van der Waals surface area contributed by atoms with Gasteiger partial charge in [0.25, 0.3) is 0 Å². The lowest BCUT2D eigenvalue weighted by atomic mass is 10.3. The van der Waals surface area contributed by atoms with Crippen molar-refractivity contribution in [1.82, 2.24) is 10.3 Å². The van der Waals surface area contributed by atoms with Crippen molar-refractivity contribution in [3.05, 3.63) is 14.5 Å². The third-order valence-corrected chi connectivity index (χ3v) is 3.18. The molecule has 1 amide bonds. The van der Waals surface area contributed by atoms with Gasteiger partial charge in [0.1, 0.15) is 0 Å². The highest BCUT2D eigenvalue weighted by molar-refractivity contribution is 7.73. The molecular weight excluding hydrogens is 232 g/mol. The van der Waals surface area contributed by atoms with Crippen LogP contribution >= 0.6 is 23.6 Å². The van der Waals surface area contributed by atoms with E-state index in [0.717, 1.165) is 10.6 Å². The van der Waals surface area contributed by atoms with Crippen LogP contribution in [0.25, 0.3) is 0 Å². The molecule has 4 nitrogen and oxygen atoms in total. The first-order valence-corrected chi connectivity index (χ1v) is 5.85. The fourth-order valence-corrected chi connectivity index (χ4v) is 2.37. The van der Waals surface area contributed by atoms with Crippen molar-refractivity contribution in [2.75, 3.05) is 6.54 Å².